The first-order chi connectivity index (χ1) is 30.5. The van der Waals surface area contributed by atoms with Crippen LogP contribution < -0.4 is 0 Å². The molecule has 0 aliphatic heterocycles. The number of hydrogen-bond acceptors (Lipinski definition) is 4. The summed E-state index contributed by atoms with van der Waals surface area (Å²) in [6.07, 6.45) is 0. The lowest BCUT2D eigenvalue weighted by atomic mass is 9.98. The van der Waals surface area contributed by atoms with Crippen LogP contribution in [-0.4, -0.2) is 15.0 Å². The number of rotatable bonds is 6. The van der Waals surface area contributed by atoms with Gasteiger partial charge in [0.05, 0.1) is 20.6 Å². The van der Waals surface area contributed by atoms with Gasteiger partial charge in [0.1, 0.15) is 11.2 Å². The summed E-state index contributed by atoms with van der Waals surface area (Å²) in [6.45, 7) is 0. The molecule has 230 valence electrons. The molecule has 2 aromatic heterocycles. The molecule has 4 nitrogen and oxygen atoms in total. The molecular weight excluding hydrogens is 599 g/mol. The van der Waals surface area contributed by atoms with Crippen LogP contribution >= 0.6 is 0 Å². The van der Waals surface area contributed by atoms with E-state index in [-0.39, 0.29) is 33.8 Å². The molecule has 0 unspecified atom stereocenters. The molecule has 0 atom stereocenters. The Balaban J connectivity index is 1.26. The minimum atomic E-state index is -0.762. The summed E-state index contributed by atoms with van der Waals surface area (Å²) in [6, 6.07) is 15.4. The van der Waals surface area contributed by atoms with Crippen molar-refractivity contribution in [2.24, 2.45) is 0 Å². The highest BCUT2D eigenvalue weighted by molar-refractivity contribution is 6.13. The van der Waals surface area contributed by atoms with E-state index in [1.54, 1.807) is 24.3 Å². The first-order valence-corrected chi connectivity index (χ1v) is 15.1. The maximum Gasteiger partial charge on any atom is 0.164 e. The third-order valence-corrected chi connectivity index (χ3v) is 7.84. The molecule has 0 aliphatic carbocycles. The number of hydrogen-bond donors (Lipinski definition) is 0. The first-order valence-electron chi connectivity index (χ1n) is 22.6. The van der Waals surface area contributed by atoms with Crippen LogP contribution in [0.2, 0.25) is 0 Å². The molecule has 0 aliphatic rings. The fourth-order valence-electron chi connectivity index (χ4n) is 5.46. The van der Waals surface area contributed by atoms with E-state index in [0.717, 1.165) is 11.1 Å². The second kappa shape index (κ2) is 12.2. The molecule has 2 heterocycles. The highest BCUT2D eigenvalue weighted by Crippen LogP contribution is 2.38. The summed E-state index contributed by atoms with van der Waals surface area (Å²) < 4.78 is 138. The maximum atomic E-state index is 9.32. The minimum absolute atomic E-state index is 0.184. The van der Waals surface area contributed by atoms with Crippen LogP contribution in [0, 0.1) is 0 Å². The molecule has 0 fully saturated rings. The van der Waals surface area contributed by atoms with Crippen molar-refractivity contribution in [1.29, 1.82) is 0 Å². The second-order valence-electron chi connectivity index (χ2n) is 10.9. The average Bonchev–Trinajstić information content (AvgIpc) is 3.72. The molecule has 9 aromatic rings. The largest absolute Gasteiger partial charge is 0.456 e. The zero-order valence-corrected chi connectivity index (χ0v) is 25.3. The number of aromatic nitrogens is 3. The van der Waals surface area contributed by atoms with Gasteiger partial charge >= 0.3 is 0 Å². The Bertz CT molecular complexity index is 3380. The Morgan fingerprint density at radius 2 is 0.939 bits per heavy atom. The van der Waals surface area contributed by atoms with Crippen LogP contribution in [0.1, 0.15) is 20.6 Å². The van der Waals surface area contributed by atoms with Gasteiger partial charge in [-0.05, 0) is 51.5 Å². The number of nitrogens with zero attached hydrogens (tertiary/aromatic N) is 3. The predicted molar refractivity (Wildman–Crippen MR) is 200 cm³/mol. The molecule has 0 saturated heterocycles. The molecule has 4 heteroatoms. The Hall–Kier alpha value is -6.65. The molecule has 0 N–H and O–H groups in total. The van der Waals surface area contributed by atoms with Crippen LogP contribution in [0.5, 0.6) is 0 Å². The van der Waals surface area contributed by atoms with Crippen LogP contribution in [0.25, 0.3) is 89.5 Å². The Labute approximate surface area is 305 Å². The van der Waals surface area contributed by atoms with E-state index in [1.165, 1.54) is 0 Å². The van der Waals surface area contributed by atoms with Crippen molar-refractivity contribution in [1.82, 2.24) is 15.0 Å². The van der Waals surface area contributed by atoms with Crippen molar-refractivity contribution in [3.63, 3.8) is 0 Å². The monoisotopic (exact) mass is 642 g/mol. The van der Waals surface area contributed by atoms with Crippen molar-refractivity contribution >= 4 is 21.9 Å². The summed E-state index contributed by atoms with van der Waals surface area (Å²) >= 11 is 0. The molecular formula is C45H29N3O. The van der Waals surface area contributed by atoms with Crippen molar-refractivity contribution in [3.8, 4) is 67.5 Å². The van der Waals surface area contributed by atoms with Crippen molar-refractivity contribution < 1.29 is 25.0 Å². The Kier molecular flexibility index (Phi) is 4.21. The molecule has 7 aromatic carbocycles. The number of fused-ring (bicyclic) bond motifs is 3. The normalized spacial score (nSPS) is 15.6. The highest BCUT2D eigenvalue weighted by Gasteiger charge is 2.15. The van der Waals surface area contributed by atoms with Gasteiger partial charge in [-0.25, -0.2) is 15.0 Å². The third-order valence-electron chi connectivity index (χ3n) is 7.84. The van der Waals surface area contributed by atoms with E-state index in [9.17, 15) is 9.60 Å². The molecule has 0 spiro atoms. The highest BCUT2D eigenvalue weighted by atomic mass is 16.3. The van der Waals surface area contributed by atoms with Crippen LogP contribution in [0.4, 0.5) is 0 Å². The molecule has 49 heavy (non-hydrogen) atoms. The topological polar surface area (TPSA) is 51.8 Å². The fourth-order valence-corrected chi connectivity index (χ4v) is 5.46. The number of benzene rings is 7. The SMILES string of the molecule is [2H]c1c([2H])c([2H])c(-c2c([2H])c([2H])c([2H])c3oc4c([2H])c(-c5c([2H])c([2H])c(-c6nc(-c7ccccc7)nc(-c7ccc(-c8ccccc8)cc7)n6)c([2H])c5[2H])c([2H])c([2H])c4c23)c([2H])c1[2H]. The summed E-state index contributed by atoms with van der Waals surface area (Å²) in [5.74, 6) is 0.184. The van der Waals surface area contributed by atoms with Crippen LogP contribution in [-0.2, 0) is 0 Å². The average molecular weight is 643 g/mol. The molecule has 0 bridgehead atoms. The molecule has 0 radical (unpaired) electrons. The summed E-state index contributed by atoms with van der Waals surface area (Å²) in [4.78, 5) is 14.0. The first kappa shape index (κ1) is 17.0. The van der Waals surface area contributed by atoms with Gasteiger partial charge in [-0.2, -0.15) is 0 Å². The summed E-state index contributed by atoms with van der Waals surface area (Å²) in [5.41, 5.74) is -0.205. The lowest BCUT2D eigenvalue weighted by molar-refractivity contribution is 0.669. The van der Waals surface area contributed by atoms with Gasteiger partial charge in [-0.15, -0.1) is 0 Å². The summed E-state index contributed by atoms with van der Waals surface area (Å²) in [7, 11) is 0. The smallest absolute Gasteiger partial charge is 0.164 e. The van der Waals surface area contributed by atoms with E-state index < -0.39 is 124 Å². The zero-order valence-electron chi connectivity index (χ0n) is 40.3. The number of furan rings is 1. The lowest BCUT2D eigenvalue weighted by Crippen LogP contribution is -2.00. The van der Waals surface area contributed by atoms with E-state index in [4.69, 9.17) is 20.4 Å². The molecule has 0 saturated carbocycles. The standard InChI is InChI=1S/C45H29N3O/c1-4-11-30(12-5-1)31-19-23-35(24-20-31)44-46-43(34-15-8-3-9-16-34)47-45(48-44)36-25-21-32(22-26-36)37-27-28-39-41(29-37)49-40-18-10-17-38(42(39)40)33-13-6-2-7-14-33/h1-29H/i2D,6D,7D,10D,13D,14D,17D,18D,21D,22D,25D,26D,27D,28D,29D. The second-order valence-corrected chi connectivity index (χ2v) is 10.9. The molecule has 9 rings (SSSR count). The van der Waals surface area contributed by atoms with E-state index in [2.05, 4.69) is 9.97 Å². The Morgan fingerprint density at radius 3 is 1.63 bits per heavy atom. The van der Waals surface area contributed by atoms with Gasteiger partial charge in [-0.1, -0.05) is 157 Å². The van der Waals surface area contributed by atoms with Gasteiger partial charge in [0.2, 0.25) is 0 Å². The van der Waals surface area contributed by atoms with Crippen LogP contribution in [0.15, 0.2) is 180 Å². The summed E-state index contributed by atoms with van der Waals surface area (Å²) in [5, 5.41) is -0.671. The van der Waals surface area contributed by atoms with Crippen molar-refractivity contribution in [2.45, 2.75) is 0 Å². The van der Waals surface area contributed by atoms with Gasteiger partial charge in [0.15, 0.2) is 17.5 Å². The lowest BCUT2D eigenvalue weighted by Gasteiger charge is -2.10. The quantitative estimate of drug-likeness (QED) is 0.181. The zero-order chi connectivity index (χ0) is 45.6. The van der Waals surface area contributed by atoms with E-state index in [0.29, 0.717) is 11.1 Å². The fraction of sp³-hybridized carbons (Fsp3) is 0. The van der Waals surface area contributed by atoms with Gasteiger partial charge in [0.25, 0.3) is 0 Å². The predicted octanol–water partition coefficient (Wildman–Crippen LogP) is 11.8. The van der Waals surface area contributed by atoms with Gasteiger partial charge in [0, 0.05) is 27.5 Å². The van der Waals surface area contributed by atoms with Gasteiger partial charge in [-0.3, -0.25) is 0 Å². The third kappa shape index (κ3) is 5.45. The van der Waals surface area contributed by atoms with Gasteiger partial charge < -0.3 is 4.42 Å². The minimum Gasteiger partial charge on any atom is -0.456 e. The van der Waals surface area contributed by atoms with Crippen molar-refractivity contribution in [2.75, 3.05) is 0 Å². The van der Waals surface area contributed by atoms with Crippen LogP contribution in [0.3, 0.4) is 0 Å². The van der Waals surface area contributed by atoms with Crippen molar-refractivity contribution in [3.05, 3.63) is 176 Å². The van der Waals surface area contributed by atoms with E-state index >= 15 is 0 Å². The van der Waals surface area contributed by atoms with E-state index in [1.807, 2.05) is 60.7 Å². The Morgan fingerprint density at radius 1 is 0.388 bits per heavy atom. The maximum absolute atomic E-state index is 9.32. The molecule has 0 amide bonds.